The van der Waals surface area contributed by atoms with Gasteiger partial charge < -0.3 is 29.8 Å². The van der Waals surface area contributed by atoms with Crippen LogP contribution in [0.5, 0.6) is 0 Å². The quantitative estimate of drug-likeness (QED) is 0.328. The number of aliphatic hydroxyl groups excluding tert-OH is 2. The van der Waals surface area contributed by atoms with E-state index in [4.69, 9.17) is 0 Å². The summed E-state index contributed by atoms with van der Waals surface area (Å²) in [6, 6.07) is 8.12. The van der Waals surface area contributed by atoms with Crippen molar-refractivity contribution in [2.75, 3.05) is 23.8 Å². The number of nitrogens with one attached hydrogen (secondary N) is 2. The lowest BCUT2D eigenvalue weighted by Crippen LogP contribution is -2.21. The van der Waals surface area contributed by atoms with Crippen LogP contribution in [0.4, 0.5) is 22.2 Å². The summed E-state index contributed by atoms with van der Waals surface area (Å²) in [5, 5.41) is 26.9. The molecule has 33 heavy (non-hydrogen) atoms. The molecule has 0 aliphatic heterocycles. The van der Waals surface area contributed by atoms with Gasteiger partial charge in [-0.1, -0.05) is 17.0 Å². The van der Waals surface area contributed by atoms with Crippen molar-refractivity contribution < 1.29 is 24.0 Å². The molecule has 10 nitrogen and oxygen atoms in total. The molecule has 0 radical (unpaired) electrons. The van der Waals surface area contributed by atoms with Gasteiger partial charge in [0.05, 0.1) is 25.4 Å². The Morgan fingerprint density at radius 3 is 2.70 bits per heavy atom. The molecular formula is C21H24N5O5S2-. The van der Waals surface area contributed by atoms with Crippen LogP contribution >= 0.6 is 11.3 Å². The van der Waals surface area contributed by atoms with Crippen LogP contribution < -0.4 is 10.6 Å². The van der Waals surface area contributed by atoms with E-state index in [0.29, 0.717) is 22.3 Å². The first kappa shape index (κ1) is 24.6. The highest BCUT2D eigenvalue weighted by Gasteiger charge is 2.14. The molecule has 3 rings (SSSR count). The Bertz CT molecular complexity index is 1180. The van der Waals surface area contributed by atoms with Crippen molar-refractivity contribution in [2.24, 2.45) is 4.36 Å². The Labute approximate surface area is 196 Å². The predicted octanol–water partition coefficient (Wildman–Crippen LogP) is 3.90. The van der Waals surface area contributed by atoms with Crippen LogP contribution in [0.2, 0.25) is 0 Å². The molecular weight excluding hydrogens is 466 g/mol. The molecule has 0 saturated heterocycles. The number of benzene rings is 1. The summed E-state index contributed by atoms with van der Waals surface area (Å²) in [6.45, 7) is 3.50. The Balaban J connectivity index is 1.82. The van der Waals surface area contributed by atoms with Crippen LogP contribution in [0.15, 0.2) is 51.2 Å². The molecule has 2 heterocycles. The maximum atomic E-state index is 12.1. The minimum atomic E-state index is -1.86. The predicted molar refractivity (Wildman–Crippen MR) is 127 cm³/mol. The van der Waals surface area contributed by atoms with Gasteiger partial charge in [0, 0.05) is 22.8 Å². The number of carbonyl (C=O) groups is 1. The van der Waals surface area contributed by atoms with Gasteiger partial charge in [-0.25, -0.2) is 9.78 Å². The van der Waals surface area contributed by atoms with Crippen LogP contribution in [-0.2, 0) is 26.1 Å². The van der Waals surface area contributed by atoms with Crippen LogP contribution in [0.25, 0.3) is 10.4 Å². The van der Waals surface area contributed by atoms with Crippen LogP contribution in [0.3, 0.4) is 0 Å². The molecule has 0 spiro atoms. The SMILES string of the molecule is CCOC(=O)N=[S-](=O)c1ccc(Nc2ncc(-c3cc(CO)cs3)c(N[C@H](C)CO)n2)cc1. The number of aromatic nitrogens is 2. The zero-order valence-corrected chi connectivity index (χ0v) is 19.7. The largest absolute Gasteiger partial charge is 0.450 e. The third kappa shape index (κ3) is 6.71. The zero-order valence-electron chi connectivity index (χ0n) is 18.0. The molecule has 0 saturated carbocycles. The number of thiophene rings is 1. The summed E-state index contributed by atoms with van der Waals surface area (Å²) in [5.41, 5.74) is 2.18. The molecule has 1 amide bonds. The summed E-state index contributed by atoms with van der Waals surface area (Å²) in [7, 11) is -1.86. The van der Waals surface area contributed by atoms with Crippen molar-refractivity contribution >= 4 is 45.5 Å². The van der Waals surface area contributed by atoms with Crippen molar-refractivity contribution in [3.8, 4) is 10.4 Å². The maximum Gasteiger partial charge on any atom is 0.410 e. The van der Waals surface area contributed by atoms with Crippen molar-refractivity contribution in [2.45, 2.75) is 31.4 Å². The first-order valence-electron chi connectivity index (χ1n) is 10.0. The van der Waals surface area contributed by atoms with Gasteiger partial charge in [0.1, 0.15) is 5.82 Å². The fraction of sp³-hybridized carbons (Fsp3) is 0.286. The monoisotopic (exact) mass is 490 g/mol. The van der Waals surface area contributed by atoms with Gasteiger partial charge in [-0.2, -0.15) is 4.98 Å². The molecule has 2 aromatic heterocycles. The Kier molecular flexibility index (Phi) is 8.72. The highest BCUT2D eigenvalue weighted by Crippen LogP contribution is 2.33. The molecule has 0 fully saturated rings. The number of aliphatic hydroxyl groups is 2. The summed E-state index contributed by atoms with van der Waals surface area (Å²) in [6.07, 6.45) is 0.789. The second kappa shape index (κ2) is 11.7. The first-order chi connectivity index (χ1) is 15.9. The number of anilines is 3. The third-order valence-corrected chi connectivity index (χ3v) is 6.29. The van der Waals surface area contributed by atoms with E-state index in [-0.39, 0.29) is 25.9 Å². The van der Waals surface area contributed by atoms with Crippen molar-refractivity contribution in [3.63, 3.8) is 0 Å². The molecule has 0 aliphatic carbocycles. The van der Waals surface area contributed by atoms with E-state index in [1.54, 1.807) is 37.4 Å². The summed E-state index contributed by atoms with van der Waals surface area (Å²) in [5.74, 6) is 0.849. The maximum absolute atomic E-state index is 12.1. The molecule has 3 aromatic rings. The normalized spacial score (nSPS) is 12.8. The lowest BCUT2D eigenvalue weighted by molar-refractivity contribution is 0.164. The lowest BCUT2D eigenvalue weighted by atomic mass is 10.2. The van der Waals surface area contributed by atoms with Crippen LogP contribution in [-0.4, -0.2) is 45.5 Å². The van der Waals surface area contributed by atoms with Crippen molar-refractivity contribution in [1.29, 1.82) is 0 Å². The van der Waals surface area contributed by atoms with E-state index >= 15 is 0 Å². The molecule has 0 unspecified atom stereocenters. The Morgan fingerprint density at radius 1 is 1.30 bits per heavy atom. The number of rotatable bonds is 9. The minimum absolute atomic E-state index is 0.0549. The van der Waals surface area contributed by atoms with E-state index < -0.39 is 16.7 Å². The van der Waals surface area contributed by atoms with Crippen LogP contribution in [0.1, 0.15) is 19.4 Å². The smallest absolute Gasteiger partial charge is 0.410 e. The molecule has 1 aromatic carbocycles. The van der Waals surface area contributed by atoms with E-state index in [0.717, 1.165) is 16.0 Å². The average molecular weight is 491 g/mol. The molecule has 0 bridgehead atoms. The van der Waals surface area contributed by atoms with Gasteiger partial charge in [-0.15, -0.1) is 21.9 Å². The summed E-state index contributed by atoms with van der Waals surface area (Å²) >= 11 is 1.46. The number of carbonyl (C=O) groups excluding carboxylic acids is 1. The average Bonchev–Trinajstić information content (AvgIpc) is 3.29. The van der Waals surface area contributed by atoms with Gasteiger partial charge in [-0.3, -0.25) is 4.36 Å². The summed E-state index contributed by atoms with van der Waals surface area (Å²) < 4.78 is 20.3. The zero-order chi connectivity index (χ0) is 23.8. The van der Waals surface area contributed by atoms with Gasteiger partial charge in [0.2, 0.25) is 5.95 Å². The van der Waals surface area contributed by atoms with Gasteiger partial charge >= 0.3 is 6.09 Å². The van der Waals surface area contributed by atoms with Crippen LogP contribution in [0, 0.1) is 0 Å². The van der Waals surface area contributed by atoms with E-state index in [1.165, 1.54) is 11.3 Å². The van der Waals surface area contributed by atoms with Crippen molar-refractivity contribution in [1.82, 2.24) is 9.97 Å². The molecule has 12 heteroatoms. The molecule has 4 N–H and O–H groups in total. The Morgan fingerprint density at radius 2 is 2.06 bits per heavy atom. The lowest BCUT2D eigenvalue weighted by Gasteiger charge is -2.16. The molecule has 1 atom stereocenters. The Hall–Kier alpha value is -3.06. The fourth-order valence-corrected chi connectivity index (χ4v) is 4.24. The highest BCUT2D eigenvalue weighted by molar-refractivity contribution is 7.75. The standard InChI is InChI=1S/C21H24N5O5S2/c1-3-31-21(29)26-33(30)16-6-4-15(5-7-16)24-20-22-9-17(18-8-14(11-28)12-32-18)19(25-20)23-13(2)10-27/h4-9,12-13,27-28H,3,10-11H2,1-2H3,(H2,22,23,24,25)/q-1/t13-/m1/s1. The van der Waals surface area contributed by atoms with Gasteiger partial charge in [0.15, 0.2) is 0 Å². The number of amides is 1. The number of hydrogen-bond acceptors (Lipinski definition) is 11. The van der Waals surface area contributed by atoms with E-state index in [1.807, 2.05) is 18.4 Å². The number of nitrogens with zero attached hydrogens (tertiary/aromatic N) is 3. The second-order valence-corrected chi connectivity index (χ2v) is 8.91. The molecule has 0 aliphatic rings. The number of hydrogen-bond donors (Lipinski definition) is 4. The highest BCUT2D eigenvalue weighted by atomic mass is 32.2. The third-order valence-electron chi connectivity index (χ3n) is 4.28. The van der Waals surface area contributed by atoms with Crippen molar-refractivity contribution in [3.05, 3.63) is 47.5 Å². The van der Waals surface area contributed by atoms with E-state index in [2.05, 4.69) is 29.7 Å². The second-order valence-electron chi connectivity index (χ2n) is 6.85. The summed E-state index contributed by atoms with van der Waals surface area (Å²) in [4.78, 5) is 21.5. The van der Waals surface area contributed by atoms with E-state index in [9.17, 15) is 19.2 Å². The topological polar surface area (TPSA) is 146 Å². The molecule has 176 valence electrons. The fourth-order valence-electron chi connectivity index (χ4n) is 2.67. The number of ether oxygens (including phenoxy) is 1. The van der Waals surface area contributed by atoms with Gasteiger partial charge in [-0.05, 0) is 43.0 Å². The first-order valence-corrected chi connectivity index (χ1v) is 12.0. The van der Waals surface area contributed by atoms with Gasteiger partial charge in [0.25, 0.3) is 0 Å². The minimum Gasteiger partial charge on any atom is -0.450 e.